The summed E-state index contributed by atoms with van der Waals surface area (Å²) in [5, 5.41) is 11.6. The Labute approximate surface area is 119 Å². The zero-order valence-electron chi connectivity index (χ0n) is 12.1. The number of amides is 2. The lowest BCUT2D eigenvalue weighted by Gasteiger charge is -2.31. The molecule has 20 heavy (non-hydrogen) atoms. The summed E-state index contributed by atoms with van der Waals surface area (Å²) in [6.45, 7) is 2.03. The Morgan fingerprint density at radius 1 is 1.35 bits per heavy atom. The maximum absolute atomic E-state index is 12.0. The van der Waals surface area contributed by atoms with E-state index in [-0.39, 0.29) is 24.5 Å². The molecule has 1 saturated heterocycles. The molecule has 0 aromatic rings. The van der Waals surface area contributed by atoms with Crippen molar-refractivity contribution in [2.75, 3.05) is 40.5 Å². The SMILES string of the molecule is COCC(CNC(=O)N1CCC(CC(=O)O)CC1)OC. The van der Waals surface area contributed by atoms with E-state index in [1.807, 2.05) is 0 Å². The van der Waals surface area contributed by atoms with Crippen LogP contribution in [0.25, 0.3) is 0 Å². The van der Waals surface area contributed by atoms with E-state index < -0.39 is 5.97 Å². The normalized spacial score (nSPS) is 17.8. The maximum atomic E-state index is 12.0. The van der Waals surface area contributed by atoms with Crippen molar-refractivity contribution in [3.8, 4) is 0 Å². The fourth-order valence-electron chi connectivity index (χ4n) is 2.30. The fraction of sp³-hybridized carbons (Fsp3) is 0.846. The number of carbonyl (C=O) groups is 2. The number of carbonyl (C=O) groups excluding carboxylic acids is 1. The van der Waals surface area contributed by atoms with Gasteiger partial charge < -0.3 is 24.8 Å². The molecule has 1 unspecified atom stereocenters. The van der Waals surface area contributed by atoms with E-state index in [1.54, 1.807) is 19.1 Å². The Morgan fingerprint density at radius 3 is 2.50 bits per heavy atom. The van der Waals surface area contributed by atoms with Gasteiger partial charge in [-0.05, 0) is 18.8 Å². The summed E-state index contributed by atoms with van der Waals surface area (Å²) in [7, 11) is 3.16. The molecule has 2 N–H and O–H groups in total. The van der Waals surface area contributed by atoms with Crippen LogP contribution >= 0.6 is 0 Å². The third kappa shape index (κ3) is 5.75. The van der Waals surface area contributed by atoms with Crippen molar-refractivity contribution < 1.29 is 24.2 Å². The molecule has 1 heterocycles. The molecule has 1 atom stereocenters. The molecule has 0 radical (unpaired) electrons. The van der Waals surface area contributed by atoms with Crippen LogP contribution < -0.4 is 5.32 Å². The molecular weight excluding hydrogens is 264 g/mol. The van der Waals surface area contributed by atoms with Gasteiger partial charge in [-0.25, -0.2) is 4.79 Å². The summed E-state index contributed by atoms with van der Waals surface area (Å²) in [4.78, 5) is 24.3. The monoisotopic (exact) mass is 288 g/mol. The van der Waals surface area contributed by atoms with E-state index in [4.69, 9.17) is 14.6 Å². The average molecular weight is 288 g/mol. The third-order valence-corrected chi connectivity index (χ3v) is 3.53. The molecule has 0 aliphatic carbocycles. The van der Waals surface area contributed by atoms with Crippen LogP contribution in [-0.4, -0.2) is 68.6 Å². The van der Waals surface area contributed by atoms with E-state index in [0.29, 0.717) is 26.2 Å². The summed E-state index contributed by atoms with van der Waals surface area (Å²) in [5.74, 6) is -0.591. The molecule has 7 nitrogen and oxygen atoms in total. The number of piperidine rings is 1. The molecule has 0 bridgehead atoms. The van der Waals surface area contributed by atoms with Crippen molar-refractivity contribution >= 4 is 12.0 Å². The van der Waals surface area contributed by atoms with Gasteiger partial charge >= 0.3 is 12.0 Å². The molecule has 2 amide bonds. The number of carboxylic acid groups (broad SMARTS) is 1. The molecule has 1 rings (SSSR count). The van der Waals surface area contributed by atoms with E-state index >= 15 is 0 Å². The van der Waals surface area contributed by atoms with Gasteiger partial charge in [0.05, 0.1) is 12.7 Å². The highest BCUT2D eigenvalue weighted by atomic mass is 16.5. The molecular formula is C13H24N2O5. The number of hydrogen-bond donors (Lipinski definition) is 2. The number of rotatable bonds is 7. The number of nitrogens with one attached hydrogen (secondary N) is 1. The van der Waals surface area contributed by atoms with Crippen LogP contribution in [0.15, 0.2) is 0 Å². The second kappa shape index (κ2) is 8.76. The largest absolute Gasteiger partial charge is 0.481 e. The van der Waals surface area contributed by atoms with Gasteiger partial charge in [-0.2, -0.15) is 0 Å². The van der Waals surface area contributed by atoms with E-state index in [0.717, 1.165) is 12.8 Å². The van der Waals surface area contributed by atoms with E-state index in [2.05, 4.69) is 5.32 Å². The molecule has 1 aliphatic heterocycles. The molecule has 1 aliphatic rings. The van der Waals surface area contributed by atoms with Crippen LogP contribution in [0.5, 0.6) is 0 Å². The zero-order chi connectivity index (χ0) is 15.0. The first-order valence-corrected chi connectivity index (χ1v) is 6.83. The van der Waals surface area contributed by atoms with Gasteiger partial charge in [-0.3, -0.25) is 4.79 Å². The van der Waals surface area contributed by atoms with Crippen molar-refractivity contribution in [1.82, 2.24) is 10.2 Å². The number of aliphatic carboxylic acids is 1. The molecule has 0 aromatic heterocycles. The lowest BCUT2D eigenvalue weighted by molar-refractivity contribution is -0.138. The summed E-state index contributed by atoms with van der Waals surface area (Å²) in [6.07, 6.45) is 1.51. The summed E-state index contributed by atoms with van der Waals surface area (Å²) < 4.78 is 10.1. The van der Waals surface area contributed by atoms with Crippen molar-refractivity contribution in [2.45, 2.75) is 25.4 Å². The van der Waals surface area contributed by atoms with Crippen molar-refractivity contribution in [2.24, 2.45) is 5.92 Å². The predicted molar refractivity (Wildman–Crippen MR) is 72.6 cm³/mol. The highest BCUT2D eigenvalue weighted by Crippen LogP contribution is 2.20. The number of carboxylic acids is 1. The Hall–Kier alpha value is -1.34. The van der Waals surface area contributed by atoms with Crippen LogP contribution in [0.2, 0.25) is 0 Å². The van der Waals surface area contributed by atoms with Crippen molar-refractivity contribution in [3.05, 3.63) is 0 Å². The van der Waals surface area contributed by atoms with Gasteiger partial charge in [0.25, 0.3) is 0 Å². The van der Waals surface area contributed by atoms with E-state index in [9.17, 15) is 9.59 Å². The van der Waals surface area contributed by atoms with Crippen LogP contribution in [0, 0.1) is 5.92 Å². The minimum atomic E-state index is -0.768. The first-order valence-electron chi connectivity index (χ1n) is 6.83. The van der Waals surface area contributed by atoms with Gasteiger partial charge in [0.15, 0.2) is 0 Å². The lowest BCUT2D eigenvalue weighted by atomic mass is 9.94. The first kappa shape index (κ1) is 16.7. The minimum absolute atomic E-state index is 0.128. The van der Waals surface area contributed by atoms with Crippen LogP contribution in [0.4, 0.5) is 4.79 Å². The minimum Gasteiger partial charge on any atom is -0.481 e. The summed E-state index contributed by atoms with van der Waals surface area (Å²) >= 11 is 0. The molecule has 116 valence electrons. The third-order valence-electron chi connectivity index (χ3n) is 3.53. The smallest absolute Gasteiger partial charge is 0.317 e. The van der Waals surface area contributed by atoms with E-state index in [1.165, 1.54) is 0 Å². The first-order chi connectivity index (χ1) is 9.56. The van der Waals surface area contributed by atoms with Gasteiger partial charge in [0.2, 0.25) is 0 Å². The molecule has 0 saturated carbocycles. The number of urea groups is 1. The van der Waals surface area contributed by atoms with Gasteiger partial charge in [0, 0.05) is 40.3 Å². The van der Waals surface area contributed by atoms with Gasteiger partial charge in [-0.1, -0.05) is 0 Å². The summed E-state index contributed by atoms with van der Waals surface area (Å²) in [5.41, 5.74) is 0. The average Bonchev–Trinajstić information content (AvgIpc) is 2.43. The van der Waals surface area contributed by atoms with Crippen LogP contribution in [0.1, 0.15) is 19.3 Å². The Kier molecular flexibility index (Phi) is 7.32. The second-order valence-electron chi connectivity index (χ2n) is 5.03. The number of methoxy groups -OCH3 is 2. The van der Waals surface area contributed by atoms with Crippen LogP contribution in [-0.2, 0) is 14.3 Å². The highest BCUT2D eigenvalue weighted by Gasteiger charge is 2.24. The quantitative estimate of drug-likeness (QED) is 0.714. The van der Waals surface area contributed by atoms with Gasteiger partial charge in [-0.15, -0.1) is 0 Å². The number of hydrogen-bond acceptors (Lipinski definition) is 4. The Balaban J connectivity index is 2.26. The number of nitrogens with zero attached hydrogens (tertiary/aromatic N) is 1. The molecule has 7 heteroatoms. The Bertz CT molecular complexity index is 316. The molecule has 1 fully saturated rings. The lowest BCUT2D eigenvalue weighted by Crippen LogP contribution is -2.47. The topological polar surface area (TPSA) is 88.1 Å². The molecule has 0 aromatic carbocycles. The van der Waals surface area contributed by atoms with Crippen LogP contribution in [0.3, 0.4) is 0 Å². The standard InChI is InChI=1S/C13H24N2O5/c1-19-9-11(20-2)8-14-13(18)15-5-3-10(4-6-15)7-12(16)17/h10-11H,3-9H2,1-2H3,(H,14,18)(H,16,17). The predicted octanol–water partition coefficient (Wildman–Crippen LogP) is 0.544. The summed E-state index contributed by atoms with van der Waals surface area (Å²) in [6, 6.07) is -0.128. The Morgan fingerprint density at radius 2 is 2.00 bits per heavy atom. The van der Waals surface area contributed by atoms with Crippen molar-refractivity contribution in [3.63, 3.8) is 0 Å². The maximum Gasteiger partial charge on any atom is 0.317 e. The zero-order valence-corrected chi connectivity index (χ0v) is 12.1. The second-order valence-corrected chi connectivity index (χ2v) is 5.03. The number of ether oxygens (including phenoxy) is 2. The highest BCUT2D eigenvalue weighted by molar-refractivity contribution is 5.74. The fourth-order valence-corrected chi connectivity index (χ4v) is 2.30. The number of likely N-dealkylation sites (tertiary alicyclic amines) is 1. The van der Waals surface area contributed by atoms with Gasteiger partial charge in [0.1, 0.15) is 0 Å². The molecule has 0 spiro atoms. The van der Waals surface area contributed by atoms with Crippen molar-refractivity contribution in [1.29, 1.82) is 0 Å².